The molecule has 5 unspecified atom stereocenters. The van der Waals surface area contributed by atoms with Gasteiger partial charge in [0.2, 0.25) is 0 Å². The minimum absolute atomic E-state index is 0.101. The quantitative estimate of drug-likeness (QED) is 0.745. The van der Waals surface area contributed by atoms with Crippen molar-refractivity contribution in [3.63, 3.8) is 0 Å². The Morgan fingerprint density at radius 3 is 2.63 bits per heavy atom. The number of carbonyl (C=O) groups excluding carboxylic acids is 1. The minimum Gasteiger partial charge on any atom is -0.493 e. The Bertz CT molecular complexity index is 961. The molecule has 1 N–H and O–H groups in total. The molecule has 4 aliphatic rings. The van der Waals surface area contributed by atoms with Crippen LogP contribution in [0.2, 0.25) is 0 Å². The van der Waals surface area contributed by atoms with Gasteiger partial charge in [-0.05, 0) is 19.9 Å². The fraction of sp³-hybridized carbons (Fsp3) is 0.522. The lowest BCUT2D eigenvalue weighted by atomic mass is 9.68. The molecule has 1 aliphatic carbocycles. The number of aliphatic hydroxyl groups excluding tert-OH is 1. The average Bonchev–Trinajstić information content (AvgIpc) is 2.71. The third kappa shape index (κ3) is 2.83. The Balaban J connectivity index is 1.58. The average molecular weight is 414 g/mol. The van der Waals surface area contributed by atoms with E-state index in [0.717, 1.165) is 0 Å². The van der Waals surface area contributed by atoms with Crippen molar-refractivity contribution < 1.29 is 33.6 Å². The lowest BCUT2D eigenvalue weighted by molar-refractivity contribution is -0.173. The molecule has 7 heteroatoms. The van der Waals surface area contributed by atoms with Crippen LogP contribution in [0, 0.1) is 11.8 Å². The van der Waals surface area contributed by atoms with Crippen LogP contribution in [-0.2, 0) is 14.3 Å². The number of carbonyl (C=O) groups is 1. The summed E-state index contributed by atoms with van der Waals surface area (Å²) in [5.74, 6) is 1.17. The van der Waals surface area contributed by atoms with Crippen molar-refractivity contribution in [3.8, 4) is 17.2 Å². The molecule has 0 bridgehead atoms. The second kappa shape index (κ2) is 6.75. The molecule has 0 aromatic heterocycles. The van der Waals surface area contributed by atoms with Crippen LogP contribution < -0.4 is 14.2 Å². The first kappa shape index (κ1) is 19.5. The molecule has 3 heterocycles. The summed E-state index contributed by atoms with van der Waals surface area (Å²) in [4.78, 5) is 13.6. The van der Waals surface area contributed by atoms with Crippen LogP contribution in [0.5, 0.6) is 17.2 Å². The maximum Gasteiger partial charge on any atom is 0.176 e. The molecule has 0 saturated heterocycles. The zero-order valence-corrected chi connectivity index (χ0v) is 17.5. The minimum atomic E-state index is -0.841. The molecule has 1 fully saturated rings. The smallest absolute Gasteiger partial charge is 0.176 e. The number of Topliss-reactive ketones (excluding diaryl/α,β-unsaturated/α-hetero) is 1. The van der Waals surface area contributed by atoms with Crippen molar-refractivity contribution in [2.45, 2.75) is 44.2 Å². The van der Waals surface area contributed by atoms with E-state index in [1.54, 1.807) is 26.4 Å². The van der Waals surface area contributed by atoms with Gasteiger partial charge in [-0.15, -0.1) is 0 Å². The van der Waals surface area contributed by atoms with E-state index in [1.807, 2.05) is 19.9 Å². The van der Waals surface area contributed by atoms with Crippen LogP contribution in [0.25, 0.3) is 5.57 Å². The van der Waals surface area contributed by atoms with E-state index in [-0.39, 0.29) is 24.4 Å². The van der Waals surface area contributed by atoms with Gasteiger partial charge in [-0.1, -0.05) is 12.2 Å². The Hall–Kier alpha value is -2.51. The van der Waals surface area contributed by atoms with Crippen molar-refractivity contribution in [2.75, 3.05) is 20.8 Å². The van der Waals surface area contributed by atoms with E-state index in [0.29, 0.717) is 40.6 Å². The number of fused-ring (bicyclic) bond motifs is 5. The summed E-state index contributed by atoms with van der Waals surface area (Å²) >= 11 is 0. The molecule has 1 saturated carbocycles. The zero-order valence-electron chi connectivity index (χ0n) is 17.5. The first-order valence-electron chi connectivity index (χ1n) is 10.2. The lowest BCUT2D eigenvalue weighted by Crippen LogP contribution is -2.58. The van der Waals surface area contributed by atoms with E-state index < -0.39 is 23.7 Å². The summed E-state index contributed by atoms with van der Waals surface area (Å²) < 4.78 is 29.1. The van der Waals surface area contributed by atoms with Crippen molar-refractivity contribution >= 4 is 11.4 Å². The molecule has 0 amide bonds. The number of ketones is 1. The predicted octanol–water partition coefficient (Wildman–Crippen LogP) is 2.51. The Labute approximate surface area is 175 Å². The Kier molecular flexibility index (Phi) is 4.38. The van der Waals surface area contributed by atoms with Crippen LogP contribution in [0.1, 0.15) is 25.8 Å². The van der Waals surface area contributed by atoms with Crippen molar-refractivity contribution in [1.29, 1.82) is 0 Å². The highest BCUT2D eigenvalue weighted by atomic mass is 16.5. The van der Waals surface area contributed by atoms with Gasteiger partial charge in [-0.2, -0.15) is 0 Å². The molecule has 1 aromatic rings. The molecule has 1 aromatic carbocycles. The summed E-state index contributed by atoms with van der Waals surface area (Å²) in [6.07, 6.45) is 2.95. The number of allylic oxidation sites excluding steroid dienone is 1. The molecule has 30 heavy (non-hydrogen) atoms. The van der Waals surface area contributed by atoms with Gasteiger partial charge in [0.15, 0.2) is 17.3 Å². The highest BCUT2D eigenvalue weighted by Crippen LogP contribution is 2.49. The number of aliphatic hydroxyl groups is 1. The topological polar surface area (TPSA) is 83.5 Å². The normalized spacial score (nSPS) is 33.4. The maximum absolute atomic E-state index is 13.6. The predicted molar refractivity (Wildman–Crippen MR) is 108 cm³/mol. The monoisotopic (exact) mass is 414 g/mol. The molecule has 3 aliphatic heterocycles. The highest BCUT2D eigenvalue weighted by Gasteiger charge is 2.54. The molecule has 0 spiro atoms. The molecule has 7 nitrogen and oxygen atoms in total. The van der Waals surface area contributed by atoms with Gasteiger partial charge in [0.1, 0.15) is 24.2 Å². The van der Waals surface area contributed by atoms with Gasteiger partial charge in [0, 0.05) is 24.0 Å². The highest BCUT2D eigenvalue weighted by molar-refractivity contribution is 6.24. The van der Waals surface area contributed by atoms with Crippen LogP contribution >= 0.6 is 0 Å². The van der Waals surface area contributed by atoms with Crippen LogP contribution in [0.4, 0.5) is 0 Å². The Morgan fingerprint density at radius 1 is 1.17 bits per heavy atom. The molecular weight excluding hydrogens is 388 g/mol. The standard InChI is InChI=1S/C23H26O7/c1-23(2)6-5-11-15(30-23)8-13(24)20-21(25)19-12-7-16(26-3)17(27-4)9-14(12)28-10-18(19)29-22(11)20/h5-7,9,11,13,15,20,22,24H,8,10H2,1-4H3. The van der Waals surface area contributed by atoms with Gasteiger partial charge in [-0.25, -0.2) is 0 Å². The fourth-order valence-electron chi connectivity index (χ4n) is 5.05. The van der Waals surface area contributed by atoms with Gasteiger partial charge < -0.3 is 28.8 Å². The number of ether oxygens (including phenoxy) is 5. The van der Waals surface area contributed by atoms with E-state index in [2.05, 4.69) is 6.08 Å². The summed E-state index contributed by atoms with van der Waals surface area (Å²) in [6.45, 7) is 4.12. The first-order valence-corrected chi connectivity index (χ1v) is 10.2. The van der Waals surface area contributed by atoms with Gasteiger partial charge in [-0.3, -0.25) is 4.79 Å². The van der Waals surface area contributed by atoms with E-state index >= 15 is 0 Å². The maximum atomic E-state index is 13.6. The lowest BCUT2D eigenvalue weighted by Gasteiger charge is -2.50. The van der Waals surface area contributed by atoms with E-state index in [1.165, 1.54) is 0 Å². The van der Waals surface area contributed by atoms with E-state index in [9.17, 15) is 9.90 Å². The SMILES string of the molecule is COc1cc2c(cc1OC)C1=C(CO2)OC2C3C=CC(C)(C)OC3CC(O)C2C1=O. The zero-order chi connectivity index (χ0) is 21.2. The second-order valence-electron chi connectivity index (χ2n) is 8.76. The largest absolute Gasteiger partial charge is 0.493 e. The number of hydrogen-bond acceptors (Lipinski definition) is 7. The van der Waals surface area contributed by atoms with Gasteiger partial charge >= 0.3 is 0 Å². The molecule has 5 rings (SSSR count). The molecule has 5 atom stereocenters. The third-order valence-electron chi connectivity index (χ3n) is 6.45. The summed E-state index contributed by atoms with van der Waals surface area (Å²) in [5, 5.41) is 10.9. The van der Waals surface area contributed by atoms with Gasteiger partial charge in [0.05, 0.1) is 43.5 Å². The summed E-state index contributed by atoms with van der Waals surface area (Å²) in [6, 6.07) is 3.44. The van der Waals surface area contributed by atoms with E-state index in [4.69, 9.17) is 23.7 Å². The number of benzene rings is 1. The summed E-state index contributed by atoms with van der Waals surface area (Å²) in [5.41, 5.74) is 0.652. The molecule has 160 valence electrons. The van der Waals surface area contributed by atoms with Crippen molar-refractivity contribution in [3.05, 3.63) is 35.6 Å². The van der Waals surface area contributed by atoms with Crippen LogP contribution in [0.15, 0.2) is 30.0 Å². The van der Waals surface area contributed by atoms with Crippen LogP contribution in [0.3, 0.4) is 0 Å². The number of rotatable bonds is 2. The Morgan fingerprint density at radius 2 is 1.90 bits per heavy atom. The fourth-order valence-corrected chi connectivity index (χ4v) is 5.05. The summed E-state index contributed by atoms with van der Waals surface area (Å²) in [7, 11) is 3.09. The number of methoxy groups -OCH3 is 2. The van der Waals surface area contributed by atoms with Crippen molar-refractivity contribution in [1.82, 2.24) is 0 Å². The van der Waals surface area contributed by atoms with Crippen LogP contribution in [-0.4, -0.2) is 55.6 Å². The van der Waals surface area contributed by atoms with Gasteiger partial charge in [0.25, 0.3) is 0 Å². The first-order chi connectivity index (χ1) is 14.3. The molecular formula is C23H26O7. The van der Waals surface area contributed by atoms with Crippen molar-refractivity contribution in [2.24, 2.45) is 11.8 Å². The second-order valence-corrected chi connectivity index (χ2v) is 8.76. The number of hydrogen-bond donors (Lipinski definition) is 1. The molecule has 0 radical (unpaired) electrons. The third-order valence-corrected chi connectivity index (χ3v) is 6.45.